The number of hydrogen-bond donors (Lipinski definition) is 0. The van der Waals surface area contributed by atoms with E-state index < -0.39 is 0 Å². The van der Waals surface area contributed by atoms with Crippen molar-refractivity contribution in [1.29, 1.82) is 0 Å². The lowest BCUT2D eigenvalue weighted by atomic mass is 9.77. The summed E-state index contributed by atoms with van der Waals surface area (Å²) in [5, 5.41) is 0. The highest BCUT2D eigenvalue weighted by Crippen LogP contribution is 2.59. The van der Waals surface area contributed by atoms with Crippen LogP contribution in [-0.2, 0) is 4.79 Å². The highest BCUT2D eigenvalue weighted by molar-refractivity contribution is 5.51. The van der Waals surface area contributed by atoms with Gasteiger partial charge < -0.3 is 4.79 Å². The molecule has 11 heavy (non-hydrogen) atoms. The summed E-state index contributed by atoms with van der Waals surface area (Å²) in [4.78, 5) is 10.5. The second kappa shape index (κ2) is 2.33. The number of carbonyl (C=O) groups excluding carboxylic acids is 1. The topological polar surface area (TPSA) is 17.1 Å². The van der Waals surface area contributed by atoms with Gasteiger partial charge in [-0.3, -0.25) is 0 Å². The predicted molar refractivity (Wildman–Crippen MR) is 44.2 cm³/mol. The molecule has 1 nitrogen and oxygen atoms in total. The van der Waals surface area contributed by atoms with Crippen LogP contribution in [0.4, 0.5) is 0 Å². The molecule has 0 aromatic rings. The van der Waals surface area contributed by atoms with Gasteiger partial charge in [-0.25, -0.2) is 0 Å². The Balaban J connectivity index is 2.03. The maximum absolute atomic E-state index is 10.5. The van der Waals surface area contributed by atoms with Gasteiger partial charge in [0.2, 0.25) is 0 Å². The van der Waals surface area contributed by atoms with E-state index in [0.717, 1.165) is 24.5 Å². The van der Waals surface area contributed by atoms with Gasteiger partial charge in [-0.2, -0.15) is 0 Å². The van der Waals surface area contributed by atoms with Crippen LogP contribution in [0.2, 0.25) is 0 Å². The molecule has 0 N–H and O–H groups in total. The summed E-state index contributed by atoms with van der Waals surface area (Å²) in [5.74, 6) is 1.78. The molecular formula is C10H16O. The van der Waals surface area contributed by atoms with E-state index in [1.54, 1.807) is 0 Å². The van der Waals surface area contributed by atoms with Crippen molar-refractivity contribution in [2.75, 3.05) is 0 Å². The second-order valence-corrected chi connectivity index (χ2v) is 4.43. The monoisotopic (exact) mass is 152 g/mol. The fourth-order valence-corrected chi connectivity index (χ4v) is 2.33. The van der Waals surface area contributed by atoms with Crippen LogP contribution < -0.4 is 0 Å². The van der Waals surface area contributed by atoms with E-state index >= 15 is 0 Å². The summed E-state index contributed by atoms with van der Waals surface area (Å²) >= 11 is 0. The molecule has 0 atom stereocenters. The molecule has 0 aromatic carbocycles. The summed E-state index contributed by atoms with van der Waals surface area (Å²) < 4.78 is 0. The second-order valence-electron chi connectivity index (χ2n) is 4.43. The maximum Gasteiger partial charge on any atom is 0.120 e. The zero-order valence-electron chi connectivity index (χ0n) is 7.18. The molecule has 0 aromatic heterocycles. The fraction of sp³-hybridized carbons (Fsp3) is 0.900. The minimum absolute atomic E-state index is 0.405. The Bertz CT molecular complexity index is 154. The highest BCUT2D eigenvalue weighted by Gasteiger charge is 2.50. The van der Waals surface area contributed by atoms with E-state index in [-0.39, 0.29) is 0 Å². The van der Waals surface area contributed by atoms with E-state index in [1.807, 2.05) is 0 Å². The molecular weight excluding hydrogens is 136 g/mol. The molecule has 0 radical (unpaired) electrons. The van der Waals surface area contributed by atoms with Gasteiger partial charge in [0.25, 0.3) is 0 Å². The van der Waals surface area contributed by atoms with Gasteiger partial charge in [0.05, 0.1) is 0 Å². The smallest absolute Gasteiger partial charge is 0.120 e. The van der Waals surface area contributed by atoms with Crippen molar-refractivity contribution in [2.24, 2.45) is 17.3 Å². The van der Waals surface area contributed by atoms with Crippen molar-refractivity contribution in [3.63, 3.8) is 0 Å². The Morgan fingerprint density at radius 3 is 2.00 bits per heavy atom. The Kier molecular flexibility index (Phi) is 1.55. The Morgan fingerprint density at radius 2 is 1.73 bits per heavy atom. The van der Waals surface area contributed by atoms with Crippen LogP contribution in [0.5, 0.6) is 0 Å². The molecule has 2 aliphatic carbocycles. The van der Waals surface area contributed by atoms with Crippen molar-refractivity contribution in [2.45, 2.75) is 39.0 Å². The quantitative estimate of drug-likeness (QED) is 0.565. The lowest BCUT2D eigenvalue weighted by molar-refractivity contribution is -0.110. The van der Waals surface area contributed by atoms with Crippen LogP contribution in [0.25, 0.3) is 0 Å². The van der Waals surface area contributed by atoms with Crippen LogP contribution in [0, 0.1) is 17.3 Å². The summed E-state index contributed by atoms with van der Waals surface area (Å²) in [5.41, 5.74) is 0.405. The summed E-state index contributed by atoms with van der Waals surface area (Å²) in [7, 11) is 0. The number of hydrogen-bond acceptors (Lipinski definition) is 1. The van der Waals surface area contributed by atoms with Crippen molar-refractivity contribution >= 4 is 6.29 Å². The zero-order valence-corrected chi connectivity index (χ0v) is 7.18. The van der Waals surface area contributed by atoms with Gasteiger partial charge in [0.15, 0.2) is 0 Å². The van der Waals surface area contributed by atoms with E-state index in [1.165, 1.54) is 25.7 Å². The molecule has 2 rings (SSSR count). The van der Waals surface area contributed by atoms with Crippen molar-refractivity contribution in [1.82, 2.24) is 0 Å². The van der Waals surface area contributed by atoms with Gasteiger partial charge >= 0.3 is 0 Å². The molecule has 62 valence electrons. The molecule has 0 bridgehead atoms. The minimum Gasteiger partial charge on any atom is -0.303 e. The lowest BCUT2D eigenvalue weighted by Gasteiger charge is -2.27. The molecule has 0 saturated heterocycles. The Labute approximate surface area is 68.2 Å². The average Bonchev–Trinajstić information content (AvgIpc) is 2.84. The zero-order chi connectivity index (χ0) is 7.90. The SMILES string of the molecule is CC(CC=O)(C1CC1)C1CC1. The Morgan fingerprint density at radius 1 is 1.27 bits per heavy atom. The fourth-order valence-electron chi connectivity index (χ4n) is 2.33. The molecule has 2 aliphatic rings. The van der Waals surface area contributed by atoms with Crippen molar-refractivity contribution in [3.8, 4) is 0 Å². The first-order valence-corrected chi connectivity index (χ1v) is 4.71. The van der Waals surface area contributed by atoms with Crippen LogP contribution >= 0.6 is 0 Å². The maximum atomic E-state index is 10.5. The molecule has 0 amide bonds. The van der Waals surface area contributed by atoms with E-state index in [2.05, 4.69) is 6.92 Å². The summed E-state index contributed by atoms with van der Waals surface area (Å²) in [6.07, 6.45) is 7.43. The number of carbonyl (C=O) groups is 1. The molecule has 0 spiro atoms. The number of aldehydes is 1. The average molecular weight is 152 g/mol. The van der Waals surface area contributed by atoms with Gasteiger partial charge in [-0.1, -0.05) is 6.92 Å². The molecule has 2 saturated carbocycles. The molecule has 2 fully saturated rings. The normalized spacial score (nSPS) is 25.2. The molecule has 0 unspecified atom stereocenters. The van der Waals surface area contributed by atoms with E-state index in [4.69, 9.17) is 0 Å². The van der Waals surface area contributed by atoms with Gasteiger partial charge in [-0.15, -0.1) is 0 Å². The minimum atomic E-state index is 0.405. The predicted octanol–water partition coefficient (Wildman–Crippen LogP) is 2.40. The van der Waals surface area contributed by atoms with Crippen LogP contribution in [0.3, 0.4) is 0 Å². The van der Waals surface area contributed by atoms with Gasteiger partial charge in [0, 0.05) is 6.42 Å². The first-order chi connectivity index (χ1) is 5.27. The third kappa shape index (κ3) is 1.21. The van der Waals surface area contributed by atoms with Crippen LogP contribution in [0.15, 0.2) is 0 Å². The largest absolute Gasteiger partial charge is 0.303 e. The first-order valence-electron chi connectivity index (χ1n) is 4.71. The standard InChI is InChI=1S/C10H16O/c1-10(6-7-11,8-2-3-8)9-4-5-9/h7-9H,2-6H2,1H3. The lowest BCUT2D eigenvalue weighted by Crippen LogP contribution is -2.22. The van der Waals surface area contributed by atoms with Crippen LogP contribution in [0.1, 0.15) is 39.0 Å². The Hall–Kier alpha value is -0.330. The van der Waals surface area contributed by atoms with Gasteiger partial charge in [0.1, 0.15) is 6.29 Å². The molecule has 1 heteroatoms. The van der Waals surface area contributed by atoms with Gasteiger partial charge in [-0.05, 0) is 42.9 Å². The third-order valence-corrected chi connectivity index (χ3v) is 3.54. The highest BCUT2D eigenvalue weighted by atomic mass is 16.1. The number of rotatable bonds is 4. The first kappa shape index (κ1) is 7.33. The van der Waals surface area contributed by atoms with Crippen molar-refractivity contribution < 1.29 is 4.79 Å². The summed E-state index contributed by atoms with van der Waals surface area (Å²) in [6, 6.07) is 0. The molecule has 0 aliphatic heterocycles. The molecule has 0 heterocycles. The van der Waals surface area contributed by atoms with E-state index in [0.29, 0.717) is 5.41 Å². The van der Waals surface area contributed by atoms with E-state index in [9.17, 15) is 4.79 Å². The van der Waals surface area contributed by atoms with Crippen molar-refractivity contribution in [3.05, 3.63) is 0 Å². The third-order valence-electron chi connectivity index (χ3n) is 3.54. The van der Waals surface area contributed by atoms with Crippen LogP contribution in [-0.4, -0.2) is 6.29 Å². The summed E-state index contributed by atoms with van der Waals surface area (Å²) in [6.45, 7) is 2.32.